The Bertz CT molecular complexity index is 561. The molecule has 0 amide bonds. The van der Waals surface area contributed by atoms with Crippen LogP contribution in [0.2, 0.25) is 0 Å². The fourth-order valence-corrected chi connectivity index (χ4v) is 2.95. The smallest absolute Gasteiger partial charge is 0.225 e. The second kappa shape index (κ2) is 3.73. The predicted molar refractivity (Wildman–Crippen MR) is 58.9 cm³/mol. The van der Waals surface area contributed by atoms with Gasteiger partial charge >= 0.3 is 0 Å². The van der Waals surface area contributed by atoms with Crippen LogP contribution in [0.1, 0.15) is 0 Å². The van der Waals surface area contributed by atoms with E-state index in [0.29, 0.717) is 5.69 Å². The molecule has 0 aliphatic rings. The molecule has 0 aliphatic heterocycles. The second-order valence-corrected chi connectivity index (χ2v) is 5.10. The Morgan fingerprint density at radius 2 is 1.87 bits per heavy atom. The van der Waals surface area contributed by atoms with Crippen molar-refractivity contribution in [3.05, 3.63) is 35.7 Å². The number of aromatic nitrogens is 1. The molecule has 2 N–H and O–H groups in total. The van der Waals surface area contributed by atoms with E-state index < -0.39 is 10.0 Å². The Morgan fingerprint density at radius 1 is 1.20 bits per heavy atom. The molecule has 0 unspecified atom stereocenters. The summed E-state index contributed by atoms with van der Waals surface area (Å²) in [6.07, 6.45) is 0. The summed E-state index contributed by atoms with van der Waals surface area (Å²) in [5, 5.41) is 6.52. The third kappa shape index (κ3) is 2.06. The van der Waals surface area contributed by atoms with Gasteiger partial charge in [0.1, 0.15) is 10.6 Å². The van der Waals surface area contributed by atoms with Crippen molar-refractivity contribution >= 4 is 21.6 Å². The number of nitrogens with zero attached hydrogens (tertiary/aromatic N) is 1. The van der Waals surface area contributed by atoms with Gasteiger partial charge in [0, 0.05) is 10.9 Å². The maximum absolute atomic E-state index is 11.2. The van der Waals surface area contributed by atoms with Crippen molar-refractivity contribution in [2.45, 2.75) is 4.90 Å². The SMILES string of the molecule is NS(=O)(=O)c1csnc1-c1ccccc1. The minimum Gasteiger partial charge on any atom is -0.225 e. The molecular formula is C9H8N2O2S2. The van der Waals surface area contributed by atoms with Gasteiger partial charge in [-0.15, -0.1) is 0 Å². The van der Waals surface area contributed by atoms with Crippen molar-refractivity contribution in [1.82, 2.24) is 4.37 Å². The van der Waals surface area contributed by atoms with E-state index in [1.165, 1.54) is 5.38 Å². The number of hydrogen-bond donors (Lipinski definition) is 1. The number of primary sulfonamides is 1. The van der Waals surface area contributed by atoms with Gasteiger partial charge in [0.25, 0.3) is 0 Å². The Labute approximate surface area is 91.6 Å². The molecule has 1 aromatic heterocycles. The maximum Gasteiger partial charge on any atom is 0.241 e. The van der Waals surface area contributed by atoms with Gasteiger partial charge in [-0.25, -0.2) is 13.6 Å². The highest BCUT2D eigenvalue weighted by atomic mass is 32.2. The molecular weight excluding hydrogens is 232 g/mol. The third-order valence-corrected chi connectivity index (χ3v) is 3.59. The van der Waals surface area contributed by atoms with Crippen LogP contribution in [0.4, 0.5) is 0 Å². The van der Waals surface area contributed by atoms with Crippen LogP contribution in [-0.2, 0) is 10.0 Å². The van der Waals surface area contributed by atoms with Gasteiger partial charge in [-0.3, -0.25) is 0 Å². The molecule has 0 aliphatic carbocycles. The van der Waals surface area contributed by atoms with Gasteiger partial charge in [-0.2, -0.15) is 4.37 Å². The van der Waals surface area contributed by atoms with Crippen molar-refractivity contribution in [3.63, 3.8) is 0 Å². The minimum atomic E-state index is -3.69. The lowest BCUT2D eigenvalue weighted by Crippen LogP contribution is -2.12. The first-order valence-corrected chi connectivity index (χ1v) is 6.50. The van der Waals surface area contributed by atoms with Crippen molar-refractivity contribution in [2.75, 3.05) is 0 Å². The molecule has 6 heteroatoms. The number of benzene rings is 1. The maximum atomic E-state index is 11.2. The summed E-state index contributed by atoms with van der Waals surface area (Å²) in [6, 6.07) is 9.09. The molecule has 0 radical (unpaired) electrons. The van der Waals surface area contributed by atoms with E-state index in [-0.39, 0.29) is 4.90 Å². The zero-order valence-corrected chi connectivity index (χ0v) is 9.25. The van der Waals surface area contributed by atoms with Crippen LogP contribution in [0.25, 0.3) is 11.3 Å². The predicted octanol–water partition coefficient (Wildman–Crippen LogP) is 1.46. The summed E-state index contributed by atoms with van der Waals surface area (Å²) < 4.78 is 26.5. The van der Waals surface area contributed by atoms with Crippen LogP contribution in [0, 0.1) is 0 Å². The van der Waals surface area contributed by atoms with E-state index >= 15 is 0 Å². The molecule has 2 rings (SSSR count). The molecule has 2 aromatic rings. The molecule has 15 heavy (non-hydrogen) atoms. The number of rotatable bonds is 2. The van der Waals surface area contributed by atoms with Crippen LogP contribution < -0.4 is 5.14 Å². The highest BCUT2D eigenvalue weighted by Gasteiger charge is 2.17. The first kappa shape index (κ1) is 10.3. The number of hydrogen-bond acceptors (Lipinski definition) is 4. The molecule has 0 atom stereocenters. The molecule has 1 heterocycles. The summed E-state index contributed by atoms with van der Waals surface area (Å²) in [5.41, 5.74) is 1.17. The summed E-state index contributed by atoms with van der Waals surface area (Å²) in [5.74, 6) is 0. The van der Waals surface area contributed by atoms with Gasteiger partial charge in [0.15, 0.2) is 0 Å². The zero-order chi connectivity index (χ0) is 10.9. The Kier molecular flexibility index (Phi) is 2.56. The molecule has 1 aromatic carbocycles. The second-order valence-electron chi connectivity index (χ2n) is 2.94. The van der Waals surface area contributed by atoms with Crippen molar-refractivity contribution in [1.29, 1.82) is 0 Å². The zero-order valence-electron chi connectivity index (χ0n) is 7.62. The molecule has 4 nitrogen and oxygen atoms in total. The van der Waals surface area contributed by atoms with Gasteiger partial charge in [-0.05, 0) is 11.5 Å². The molecule has 0 saturated heterocycles. The fraction of sp³-hybridized carbons (Fsp3) is 0. The van der Waals surface area contributed by atoms with Crippen LogP contribution in [-0.4, -0.2) is 12.8 Å². The quantitative estimate of drug-likeness (QED) is 0.863. The molecule has 0 saturated carbocycles. The van der Waals surface area contributed by atoms with Crippen LogP contribution in [0.3, 0.4) is 0 Å². The summed E-state index contributed by atoms with van der Waals surface area (Å²) >= 11 is 1.08. The van der Waals surface area contributed by atoms with Crippen molar-refractivity contribution < 1.29 is 8.42 Å². The Balaban J connectivity index is 2.61. The van der Waals surface area contributed by atoms with E-state index in [1.807, 2.05) is 18.2 Å². The largest absolute Gasteiger partial charge is 0.241 e. The van der Waals surface area contributed by atoms with E-state index in [4.69, 9.17) is 5.14 Å². The lowest BCUT2D eigenvalue weighted by Gasteiger charge is -1.99. The first-order valence-electron chi connectivity index (χ1n) is 4.11. The van der Waals surface area contributed by atoms with E-state index in [1.54, 1.807) is 12.1 Å². The number of sulfonamides is 1. The molecule has 0 spiro atoms. The monoisotopic (exact) mass is 240 g/mol. The average molecular weight is 240 g/mol. The minimum absolute atomic E-state index is 0.0821. The van der Waals surface area contributed by atoms with Gasteiger partial charge in [-0.1, -0.05) is 30.3 Å². The Morgan fingerprint density at radius 3 is 2.47 bits per heavy atom. The summed E-state index contributed by atoms with van der Waals surface area (Å²) in [7, 11) is -3.69. The van der Waals surface area contributed by atoms with Crippen molar-refractivity contribution in [2.24, 2.45) is 5.14 Å². The highest BCUT2D eigenvalue weighted by molar-refractivity contribution is 7.89. The topological polar surface area (TPSA) is 73.1 Å². The normalized spacial score (nSPS) is 11.5. The van der Waals surface area contributed by atoms with Crippen LogP contribution in [0.15, 0.2) is 40.6 Å². The summed E-state index contributed by atoms with van der Waals surface area (Å²) in [4.78, 5) is 0.0821. The molecule has 78 valence electrons. The van der Waals surface area contributed by atoms with E-state index in [9.17, 15) is 8.42 Å². The summed E-state index contributed by atoms with van der Waals surface area (Å²) in [6.45, 7) is 0. The third-order valence-electron chi connectivity index (χ3n) is 1.89. The lowest BCUT2D eigenvalue weighted by molar-refractivity contribution is 0.598. The average Bonchev–Trinajstić information content (AvgIpc) is 2.67. The van der Waals surface area contributed by atoms with Gasteiger partial charge in [0.2, 0.25) is 10.0 Å². The van der Waals surface area contributed by atoms with E-state index in [0.717, 1.165) is 17.1 Å². The standard InChI is InChI=1S/C9H8N2O2S2/c10-15(12,13)8-6-14-11-9(8)7-4-2-1-3-5-7/h1-6H,(H2,10,12,13). The molecule has 0 bridgehead atoms. The lowest BCUT2D eigenvalue weighted by atomic mass is 10.2. The Hall–Kier alpha value is -1.24. The molecule has 0 fully saturated rings. The van der Waals surface area contributed by atoms with Gasteiger partial charge in [0.05, 0.1) is 0 Å². The fourth-order valence-electron chi connectivity index (χ4n) is 1.22. The van der Waals surface area contributed by atoms with Crippen molar-refractivity contribution in [3.8, 4) is 11.3 Å². The van der Waals surface area contributed by atoms with E-state index in [2.05, 4.69) is 4.37 Å². The highest BCUT2D eigenvalue weighted by Crippen LogP contribution is 2.26. The van der Waals surface area contributed by atoms with Crippen LogP contribution >= 0.6 is 11.5 Å². The number of nitrogens with two attached hydrogens (primary N) is 1. The van der Waals surface area contributed by atoms with Gasteiger partial charge < -0.3 is 0 Å². The first-order chi connectivity index (χ1) is 7.09. The van der Waals surface area contributed by atoms with Crippen LogP contribution in [0.5, 0.6) is 0 Å².